The van der Waals surface area contributed by atoms with Crippen molar-refractivity contribution >= 4 is 29.1 Å². The summed E-state index contributed by atoms with van der Waals surface area (Å²) in [6.07, 6.45) is 1.03. The van der Waals surface area contributed by atoms with Gasteiger partial charge in [-0.3, -0.25) is 4.79 Å². The molecule has 0 saturated heterocycles. The highest BCUT2D eigenvalue weighted by atomic mass is 32.2. The van der Waals surface area contributed by atoms with Gasteiger partial charge < -0.3 is 10.9 Å². The molecule has 0 bridgehead atoms. The third-order valence-electron chi connectivity index (χ3n) is 1.97. The van der Waals surface area contributed by atoms with Crippen molar-refractivity contribution < 1.29 is 9.90 Å². The Labute approximate surface area is 109 Å². The Hall–Kier alpha value is -1.87. The summed E-state index contributed by atoms with van der Waals surface area (Å²) in [6, 6.07) is 3.26. The van der Waals surface area contributed by atoms with E-state index < -0.39 is 11.5 Å². The number of thiophene rings is 1. The van der Waals surface area contributed by atoms with Gasteiger partial charge >= 0.3 is 5.97 Å². The van der Waals surface area contributed by atoms with Crippen molar-refractivity contribution in [2.24, 2.45) is 0 Å². The van der Waals surface area contributed by atoms with Gasteiger partial charge in [0.2, 0.25) is 5.16 Å². The van der Waals surface area contributed by atoms with E-state index >= 15 is 0 Å². The average molecular weight is 284 g/mol. The zero-order valence-corrected chi connectivity index (χ0v) is 10.6. The number of nitrogen functional groups attached to an aromatic ring is 1. The largest absolute Gasteiger partial charge is 0.477 e. The lowest BCUT2D eigenvalue weighted by molar-refractivity contribution is 0.0702. The molecule has 7 nitrogen and oxygen atoms in total. The number of hydrogen-bond acceptors (Lipinski definition) is 7. The molecule has 2 heterocycles. The fourth-order valence-electron chi connectivity index (χ4n) is 1.14. The number of aromatic carboxylic acids is 1. The van der Waals surface area contributed by atoms with Gasteiger partial charge in [-0.05, 0) is 12.1 Å². The van der Waals surface area contributed by atoms with Gasteiger partial charge in [-0.25, -0.2) is 4.79 Å². The number of aromatic nitrogens is 3. The summed E-state index contributed by atoms with van der Waals surface area (Å²) < 4.78 is 0.906. The van der Waals surface area contributed by atoms with Crippen molar-refractivity contribution in [2.75, 3.05) is 5.84 Å². The van der Waals surface area contributed by atoms with Crippen LogP contribution in [-0.2, 0) is 5.75 Å². The second-order valence-electron chi connectivity index (χ2n) is 3.20. The van der Waals surface area contributed by atoms with E-state index in [1.165, 1.54) is 29.2 Å². The molecule has 94 valence electrons. The van der Waals surface area contributed by atoms with E-state index in [0.29, 0.717) is 5.75 Å². The Morgan fingerprint density at radius 2 is 2.33 bits per heavy atom. The van der Waals surface area contributed by atoms with E-state index in [0.717, 1.165) is 15.8 Å². The molecule has 0 aliphatic carbocycles. The van der Waals surface area contributed by atoms with E-state index in [1.807, 2.05) is 0 Å². The minimum absolute atomic E-state index is 0.273. The zero-order chi connectivity index (χ0) is 13.1. The molecule has 0 fully saturated rings. The average Bonchev–Trinajstić information content (AvgIpc) is 2.80. The van der Waals surface area contributed by atoms with Gasteiger partial charge in [0, 0.05) is 10.6 Å². The minimum atomic E-state index is -0.952. The molecule has 9 heteroatoms. The SMILES string of the molecule is Nn1c(SCc2ccc(C(=O)O)s2)nncc1=O. The molecule has 0 aromatic carbocycles. The number of carboxylic acids is 1. The maximum absolute atomic E-state index is 11.2. The Balaban J connectivity index is 2.09. The van der Waals surface area contributed by atoms with Crippen LogP contribution in [0.5, 0.6) is 0 Å². The molecule has 0 saturated carbocycles. The van der Waals surface area contributed by atoms with Gasteiger partial charge in [-0.2, -0.15) is 9.77 Å². The van der Waals surface area contributed by atoms with E-state index in [9.17, 15) is 9.59 Å². The molecular weight excluding hydrogens is 276 g/mol. The number of thioether (sulfide) groups is 1. The first-order valence-corrected chi connectivity index (χ1v) is 6.53. The molecular formula is C9H8N4O3S2. The van der Waals surface area contributed by atoms with Crippen LogP contribution in [0.25, 0.3) is 0 Å². The highest BCUT2D eigenvalue weighted by Gasteiger charge is 2.09. The van der Waals surface area contributed by atoms with Crippen LogP contribution in [0.3, 0.4) is 0 Å². The third-order valence-corrected chi connectivity index (χ3v) is 4.22. The highest BCUT2D eigenvalue weighted by molar-refractivity contribution is 7.98. The van der Waals surface area contributed by atoms with Crippen LogP contribution in [0.4, 0.5) is 0 Å². The Morgan fingerprint density at radius 1 is 1.56 bits per heavy atom. The molecule has 0 aliphatic heterocycles. The molecule has 0 spiro atoms. The van der Waals surface area contributed by atoms with E-state index in [-0.39, 0.29) is 10.0 Å². The van der Waals surface area contributed by atoms with Gasteiger partial charge in [0.15, 0.2) is 0 Å². The van der Waals surface area contributed by atoms with Crippen molar-refractivity contribution in [1.29, 1.82) is 0 Å². The maximum atomic E-state index is 11.2. The van der Waals surface area contributed by atoms with Crippen molar-refractivity contribution in [3.05, 3.63) is 38.4 Å². The van der Waals surface area contributed by atoms with Gasteiger partial charge in [0.25, 0.3) is 5.56 Å². The molecule has 2 aromatic rings. The Morgan fingerprint density at radius 3 is 3.00 bits per heavy atom. The number of carbonyl (C=O) groups is 1. The van der Waals surface area contributed by atoms with Gasteiger partial charge in [-0.15, -0.1) is 16.4 Å². The monoisotopic (exact) mass is 284 g/mol. The number of carboxylic acid groups (broad SMARTS) is 1. The van der Waals surface area contributed by atoms with Crippen LogP contribution in [0, 0.1) is 0 Å². The van der Waals surface area contributed by atoms with Crippen molar-refractivity contribution in [1.82, 2.24) is 14.9 Å². The molecule has 0 aliphatic rings. The van der Waals surface area contributed by atoms with Crippen molar-refractivity contribution in [2.45, 2.75) is 10.9 Å². The smallest absolute Gasteiger partial charge is 0.345 e. The zero-order valence-electron chi connectivity index (χ0n) is 8.94. The normalized spacial score (nSPS) is 10.4. The van der Waals surface area contributed by atoms with Gasteiger partial charge in [0.05, 0.1) is 0 Å². The minimum Gasteiger partial charge on any atom is -0.477 e. The van der Waals surface area contributed by atoms with Crippen LogP contribution < -0.4 is 11.4 Å². The molecule has 0 unspecified atom stereocenters. The summed E-state index contributed by atoms with van der Waals surface area (Å²) in [5.74, 6) is 5.02. The standard InChI is InChI=1S/C9H8N4O3S2/c10-13-7(14)3-11-12-9(13)17-4-5-1-2-6(18-5)8(15)16/h1-3H,4,10H2,(H,15,16). The second kappa shape index (κ2) is 5.19. The van der Waals surface area contributed by atoms with Gasteiger partial charge in [0.1, 0.15) is 11.1 Å². The number of nitrogens with zero attached hydrogens (tertiary/aromatic N) is 3. The third kappa shape index (κ3) is 2.68. The molecule has 18 heavy (non-hydrogen) atoms. The molecule has 2 aromatic heterocycles. The van der Waals surface area contributed by atoms with E-state index in [4.69, 9.17) is 10.9 Å². The summed E-state index contributed by atoms with van der Waals surface area (Å²) in [7, 11) is 0. The predicted molar refractivity (Wildman–Crippen MR) is 67.3 cm³/mol. The molecule has 3 N–H and O–H groups in total. The van der Waals surface area contributed by atoms with Gasteiger partial charge in [-0.1, -0.05) is 11.8 Å². The van der Waals surface area contributed by atoms with E-state index in [2.05, 4.69) is 10.2 Å². The summed E-state index contributed by atoms with van der Waals surface area (Å²) in [6.45, 7) is 0. The lowest BCUT2D eigenvalue weighted by atomic mass is 10.4. The van der Waals surface area contributed by atoms with Crippen molar-refractivity contribution in [3.63, 3.8) is 0 Å². The lowest BCUT2D eigenvalue weighted by Crippen LogP contribution is -2.29. The topological polar surface area (TPSA) is 111 Å². The quantitative estimate of drug-likeness (QED) is 0.617. The van der Waals surface area contributed by atoms with Crippen LogP contribution in [0.1, 0.15) is 14.5 Å². The predicted octanol–water partition coefficient (Wildman–Crippen LogP) is 0.404. The molecule has 0 amide bonds. The Kier molecular flexibility index (Phi) is 3.63. The first kappa shape index (κ1) is 12.6. The number of nitrogens with two attached hydrogens (primary N) is 1. The Bertz CT molecular complexity index is 637. The maximum Gasteiger partial charge on any atom is 0.345 e. The summed E-state index contributed by atoms with van der Waals surface area (Å²) in [4.78, 5) is 23.0. The van der Waals surface area contributed by atoms with Crippen LogP contribution in [0.15, 0.2) is 28.3 Å². The fourth-order valence-corrected chi connectivity index (χ4v) is 2.89. The highest BCUT2D eigenvalue weighted by Crippen LogP contribution is 2.24. The van der Waals surface area contributed by atoms with Crippen LogP contribution in [-0.4, -0.2) is 25.9 Å². The van der Waals surface area contributed by atoms with Crippen LogP contribution >= 0.6 is 23.1 Å². The number of rotatable bonds is 4. The molecule has 0 atom stereocenters. The summed E-state index contributed by atoms with van der Waals surface area (Å²) in [5.41, 5.74) is -0.440. The lowest BCUT2D eigenvalue weighted by Gasteiger charge is -2.02. The summed E-state index contributed by atoms with van der Waals surface area (Å²) in [5, 5.41) is 16.3. The fraction of sp³-hybridized carbons (Fsp3) is 0.111. The van der Waals surface area contributed by atoms with Crippen LogP contribution in [0.2, 0.25) is 0 Å². The molecule has 2 rings (SSSR count). The number of hydrogen-bond donors (Lipinski definition) is 2. The van der Waals surface area contributed by atoms with E-state index in [1.54, 1.807) is 6.07 Å². The molecule has 0 radical (unpaired) electrons. The second-order valence-corrected chi connectivity index (χ2v) is 5.31. The summed E-state index contributed by atoms with van der Waals surface area (Å²) >= 11 is 2.39. The first-order valence-electron chi connectivity index (χ1n) is 4.72. The van der Waals surface area contributed by atoms with Crippen molar-refractivity contribution in [3.8, 4) is 0 Å². The first-order chi connectivity index (χ1) is 8.58.